The molecule has 0 aliphatic carbocycles. The van der Waals surface area contributed by atoms with Crippen LogP contribution >= 0.6 is 12.6 Å². The fourth-order valence-corrected chi connectivity index (χ4v) is 1.31. The maximum Gasteiger partial charge on any atom is 0.243 e. The van der Waals surface area contributed by atoms with E-state index in [9.17, 15) is 9.59 Å². The molecule has 1 atom stereocenters. The molecule has 98 valence electrons. The van der Waals surface area contributed by atoms with Gasteiger partial charge in [0.25, 0.3) is 0 Å². The van der Waals surface area contributed by atoms with Crippen LogP contribution in [0.15, 0.2) is 12.2 Å². The topological polar surface area (TPSA) is 67.4 Å². The number of rotatable bonds is 8. The summed E-state index contributed by atoms with van der Waals surface area (Å²) in [4.78, 5) is 22.4. The third kappa shape index (κ3) is 8.76. The minimum Gasteiger partial charge on any atom is -0.375 e. The maximum atomic E-state index is 11.6. The lowest BCUT2D eigenvalue weighted by molar-refractivity contribution is -0.127. The molecule has 0 aromatic carbocycles. The molecule has 0 rings (SSSR count). The van der Waals surface area contributed by atoms with Crippen molar-refractivity contribution in [2.24, 2.45) is 0 Å². The summed E-state index contributed by atoms with van der Waals surface area (Å²) >= 11 is 4.00. The first-order chi connectivity index (χ1) is 7.97. The van der Waals surface area contributed by atoms with Crippen molar-refractivity contribution in [1.29, 1.82) is 0 Å². The van der Waals surface area contributed by atoms with Crippen LogP contribution in [0.25, 0.3) is 0 Å². The summed E-state index contributed by atoms with van der Waals surface area (Å²) in [5.41, 5.74) is 0.933. The monoisotopic (exact) mass is 260 g/mol. The lowest BCUT2D eigenvalue weighted by atomic mass is 10.3. The highest BCUT2D eigenvalue weighted by atomic mass is 32.1. The predicted octanol–water partition coefficient (Wildman–Crippen LogP) is 0.130. The SMILES string of the molecule is C=C(C)COCCNC(=O)C(CS)NC(C)=O. The van der Waals surface area contributed by atoms with Gasteiger partial charge in [0.2, 0.25) is 11.8 Å². The van der Waals surface area contributed by atoms with Crippen molar-refractivity contribution >= 4 is 24.4 Å². The predicted molar refractivity (Wildman–Crippen MR) is 70.1 cm³/mol. The molecule has 17 heavy (non-hydrogen) atoms. The first-order valence-electron chi connectivity index (χ1n) is 5.35. The van der Waals surface area contributed by atoms with E-state index < -0.39 is 6.04 Å². The number of carbonyl (C=O) groups excluding carboxylic acids is 2. The first kappa shape index (κ1) is 16.0. The standard InChI is InChI=1S/C11H20N2O3S/c1-8(2)6-16-5-4-12-11(15)10(7-17)13-9(3)14/h10,17H,1,4-7H2,2-3H3,(H,12,15)(H,13,14). The number of hydrogen-bond acceptors (Lipinski definition) is 4. The first-order valence-corrected chi connectivity index (χ1v) is 5.98. The van der Waals surface area contributed by atoms with Crippen LogP contribution in [0.3, 0.4) is 0 Å². The molecule has 0 aromatic rings. The highest BCUT2D eigenvalue weighted by Gasteiger charge is 2.16. The van der Waals surface area contributed by atoms with Gasteiger partial charge >= 0.3 is 0 Å². The molecule has 2 amide bonds. The van der Waals surface area contributed by atoms with Crippen LogP contribution in [0.2, 0.25) is 0 Å². The van der Waals surface area contributed by atoms with Gasteiger partial charge in [0, 0.05) is 19.2 Å². The van der Waals surface area contributed by atoms with Gasteiger partial charge in [-0.3, -0.25) is 9.59 Å². The van der Waals surface area contributed by atoms with Gasteiger partial charge in [-0.15, -0.1) is 0 Å². The summed E-state index contributed by atoms with van der Waals surface area (Å²) in [5.74, 6) is -0.246. The zero-order valence-corrected chi connectivity index (χ0v) is 11.2. The molecule has 0 aromatic heterocycles. The Morgan fingerprint density at radius 1 is 1.41 bits per heavy atom. The lowest BCUT2D eigenvalue weighted by Crippen LogP contribution is -2.47. The van der Waals surface area contributed by atoms with Crippen LogP contribution in [0.1, 0.15) is 13.8 Å². The second-order valence-corrected chi connectivity index (χ2v) is 4.10. The average molecular weight is 260 g/mol. The Morgan fingerprint density at radius 2 is 2.06 bits per heavy atom. The van der Waals surface area contributed by atoms with Crippen molar-refractivity contribution in [3.63, 3.8) is 0 Å². The van der Waals surface area contributed by atoms with Crippen molar-refractivity contribution in [1.82, 2.24) is 10.6 Å². The van der Waals surface area contributed by atoms with E-state index in [0.717, 1.165) is 5.57 Å². The summed E-state index contributed by atoms with van der Waals surface area (Å²) in [7, 11) is 0. The van der Waals surface area contributed by atoms with Crippen LogP contribution in [0.4, 0.5) is 0 Å². The van der Waals surface area contributed by atoms with Crippen LogP contribution in [-0.2, 0) is 14.3 Å². The minimum atomic E-state index is -0.600. The summed E-state index contributed by atoms with van der Waals surface area (Å²) in [6.07, 6.45) is 0. The number of nitrogens with one attached hydrogen (secondary N) is 2. The number of hydrogen-bond donors (Lipinski definition) is 3. The van der Waals surface area contributed by atoms with Gasteiger partial charge in [-0.05, 0) is 6.92 Å². The van der Waals surface area contributed by atoms with E-state index in [1.54, 1.807) is 0 Å². The van der Waals surface area contributed by atoms with E-state index >= 15 is 0 Å². The van der Waals surface area contributed by atoms with E-state index in [4.69, 9.17) is 4.74 Å². The molecule has 0 spiro atoms. The zero-order chi connectivity index (χ0) is 13.3. The number of ether oxygens (including phenoxy) is 1. The molecular formula is C11H20N2O3S. The van der Waals surface area contributed by atoms with E-state index in [1.807, 2.05) is 6.92 Å². The summed E-state index contributed by atoms with van der Waals surface area (Å²) in [5, 5.41) is 5.16. The molecule has 0 fully saturated rings. The van der Waals surface area contributed by atoms with E-state index in [1.165, 1.54) is 6.92 Å². The van der Waals surface area contributed by atoms with Crippen molar-refractivity contribution in [2.75, 3.05) is 25.5 Å². The molecule has 6 heteroatoms. The van der Waals surface area contributed by atoms with Gasteiger partial charge in [0.1, 0.15) is 6.04 Å². The van der Waals surface area contributed by atoms with Gasteiger partial charge < -0.3 is 15.4 Å². The molecule has 5 nitrogen and oxygen atoms in total. The average Bonchev–Trinajstić information content (AvgIpc) is 2.24. The molecule has 0 bridgehead atoms. The smallest absolute Gasteiger partial charge is 0.243 e. The minimum absolute atomic E-state index is 0.252. The van der Waals surface area contributed by atoms with Crippen LogP contribution in [0.5, 0.6) is 0 Å². The number of amides is 2. The summed E-state index contributed by atoms with van der Waals surface area (Å²) < 4.78 is 5.22. The summed E-state index contributed by atoms with van der Waals surface area (Å²) in [6.45, 7) is 8.22. The largest absolute Gasteiger partial charge is 0.375 e. The van der Waals surface area contributed by atoms with Crippen molar-refractivity contribution in [2.45, 2.75) is 19.9 Å². The van der Waals surface area contributed by atoms with Crippen molar-refractivity contribution in [3.05, 3.63) is 12.2 Å². The summed E-state index contributed by atoms with van der Waals surface area (Å²) in [6, 6.07) is -0.600. The quantitative estimate of drug-likeness (QED) is 0.330. The molecule has 0 saturated heterocycles. The zero-order valence-electron chi connectivity index (χ0n) is 10.3. The molecular weight excluding hydrogens is 240 g/mol. The van der Waals surface area contributed by atoms with E-state index in [2.05, 4.69) is 29.8 Å². The lowest BCUT2D eigenvalue weighted by Gasteiger charge is -2.15. The fraction of sp³-hybridized carbons (Fsp3) is 0.636. The highest BCUT2D eigenvalue weighted by molar-refractivity contribution is 7.80. The van der Waals surface area contributed by atoms with Crippen LogP contribution < -0.4 is 10.6 Å². The van der Waals surface area contributed by atoms with Gasteiger partial charge in [-0.2, -0.15) is 12.6 Å². The number of thiol groups is 1. The molecule has 0 aliphatic heterocycles. The molecule has 0 saturated carbocycles. The second kappa shape index (κ2) is 9.07. The Labute approximate surface area is 107 Å². The fourth-order valence-electron chi connectivity index (χ4n) is 1.06. The maximum absolute atomic E-state index is 11.6. The third-order valence-corrected chi connectivity index (χ3v) is 2.14. The Morgan fingerprint density at radius 3 is 2.53 bits per heavy atom. The molecule has 2 N–H and O–H groups in total. The van der Waals surface area contributed by atoms with E-state index in [0.29, 0.717) is 19.8 Å². The van der Waals surface area contributed by atoms with Crippen LogP contribution in [0, 0.1) is 0 Å². The van der Waals surface area contributed by atoms with Gasteiger partial charge in [-0.1, -0.05) is 12.2 Å². The van der Waals surface area contributed by atoms with Crippen molar-refractivity contribution in [3.8, 4) is 0 Å². The second-order valence-electron chi connectivity index (χ2n) is 3.74. The van der Waals surface area contributed by atoms with Crippen LogP contribution in [-0.4, -0.2) is 43.4 Å². The molecule has 0 heterocycles. The Hall–Kier alpha value is -1.01. The molecule has 0 radical (unpaired) electrons. The Balaban J connectivity index is 3.75. The number of carbonyl (C=O) groups is 2. The van der Waals surface area contributed by atoms with E-state index in [-0.39, 0.29) is 17.6 Å². The van der Waals surface area contributed by atoms with Gasteiger partial charge in [0.05, 0.1) is 13.2 Å². The molecule has 0 aliphatic rings. The Kier molecular flexibility index (Phi) is 8.53. The Bertz CT molecular complexity index is 282. The normalized spacial score (nSPS) is 11.7. The van der Waals surface area contributed by atoms with Gasteiger partial charge in [-0.25, -0.2) is 0 Å². The highest BCUT2D eigenvalue weighted by Crippen LogP contribution is 1.90. The van der Waals surface area contributed by atoms with Crippen molar-refractivity contribution < 1.29 is 14.3 Å². The molecule has 1 unspecified atom stereocenters. The third-order valence-electron chi connectivity index (χ3n) is 1.77. The van der Waals surface area contributed by atoms with Gasteiger partial charge in [0.15, 0.2) is 0 Å².